The zero-order valence-electron chi connectivity index (χ0n) is 77.8. The molecule has 2 aliphatic carbocycles. The number of rotatable bonds is 25. The SMILES string of the molecule is C.Cc1cc(N(c2cccc(C(C)(C)C)c2)c2cccc(C(C)(C)C)c2)cc(N2c3ccc(-c4ccccc4)cc3C3(C)CCCCC23C)c1.Cc1cc2c3c(c1)N1c4c(cc(-c5ccccc5)cc4C4(C)CCCCC14C)B3c1ccc(C(C)(C)C)cc1N2c1cccc(C(C)(C)C)c1.II(I)I(I)I(I)I(I)I(I)I(I)I(I)I(I)I(I)I(I)I(I)I(I)I(I)I(I)I(I)I(I)I(I)I(I)I(I)I. The summed E-state index contributed by atoms with van der Waals surface area (Å²) >= 11 is 67.5. The van der Waals surface area contributed by atoms with Crippen LogP contribution in [-0.2, 0) is 32.5 Å². The minimum atomic E-state index is -0.541. The molecule has 0 aromatic heterocycles. The molecule has 0 bridgehead atoms. The number of halogens is 40. The second-order valence-corrected chi connectivity index (χ2v) is 965. The van der Waals surface area contributed by atoms with Crippen LogP contribution in [0.2, 0.25) is 0 Å². The summed E-state index contributed by atoms with van der Waals surface area (Å²) in [5.74, 6) is 0. The van der Waals surface area contributed by atoms with Gasteiger partial charge in [0.05, 0.1) is 11.1 Å². The maximum atomic E-state index is 3.34. The van der Waals surface area contributed by atoms with Gasteiger partial charge >= 0.3 is 541 Å². The van der Waals surface area contributed by atoms with E-state index in [1.807, 2.05) is 0 Å². The van der Waals surface area contributed by atoms with Crippen LogP contribution in [0.4, 0.5) is 56.9 Å². The first-order valence-electron chi connectivity index (χ1n) is 42.8. The third kappa shape index (κ3) is 31.7. The van der Waals surface area contributed by atoms with E-state index in [4.69, 9.17) is 0 Å². The van der Waals surface area contributed by atoms with E-state index in [0.717, 1.165) is 0 Å². The van der Waals surface area contributed by atoms with E-state index in [9.17, 15) is 0 Å². The van der Waals surface area contributed by atoms with E-state index < -0.39 is 150 Å². The van der Waals surface area contributed by atoms with Gasteiger partial charge in [0.25, 0.3) is 6.71 Å². The van der Waals surface area contributed by atoms with Crippen LogP contribution in [0.3, 0.4) is 0 Å². The van der Waals surface area contributed by atoms with E-state index in [0.29, 0.717) is 0 Å². The number of aryl methyl sites for hydroxylation is 2. The summed E-state index contributed by atoms with van der Waals surface area (Å²) in [6, 6.07) is 81.7. The third-order valence-corrected chi connectivity index (χ3v) is 3000. The molecule has 10 aromatic carbocycles. The quantitative estimate of drug-likeness (QED) is 0.0418. The van der Waals surface area contributed by atoms with Crippen molar-refractivity contribution in [2.24, 2.45) is 0 Å². The molecular formula is C95H109BI40N4. The van der Waals surface area contributed by atoms with Gasteiger partial charge in [-0.15, -0.1) is 0 Å². The van der Waals surface area contributed by atoms with Gasteiger partial charge in [-0.25, -0.2) is 0 Å². The molecular weight excluding hydrogens is 6280 g/mol. The Morgan fingerprint density at radius 2 is 0.664 bits per heavy atom. The van der Waals surface area contributed by atoms with Crippen molar-refractivity contribution >= 4 is 621 Å². The molecule has 0 radical (unpaired) electrons. The molecule has 0 saturated heterocycles. The molecule has 4 nitrogen and oxygen atoms in total. The molecule has 792 valence electrons. The average Bonchev–Trinajstić information content (AvgIpc) is 1.28. The van der Waals surface area contributed by atoms with Crippen LogP contribution >= 0.6 is 541 Å². The maximum absolute atomic E-state index is 3.34. The zero-order valence-corrected chi connectivity index (χ0v) is 164. The van der Waals surface area contributed by atoms with E-state index in [1.165, 1.54) is 186 Å². The predicted octanol–water partition coefficient (Wildman–Crippen LogP) is 60.1. The van der Waals surface area contributed by atoms with Crippen molar-refractivity contribution in [2.75, 3.05) is 19.6 Å². The van der Waals surface area contributed by atoms with Crippen LogP contribution < -0.4 is 36.0 Å². The normalized spacial score (nSPS) is 20.3. The Kier molecular flexibility index (Phi) is 59.0. The van der Waals surface area contributed by atoms with E-state index in [1.54, 1.807) is 5.56 Å². The van der Waals surface area contributed by atoms with Gasteiger partial charge < -0.3 is 19.6 Å². The van der Waals surface area contributed by atoms with Gasteiger partial charge in [0.1, 0.15) is 0 Å². The molecule has 6 aliphatic rings. The molecule has 4 unspecified atom stereocenters. The summed E-state index contributed by atoms with van der Waals surface area (Å²) < 4.78 is 0. The second-order valence-electron chi connectivity index (χ2n) is 38.6. The Morgan fingerprint density at radius 3 is 1.11 bits per heavy atom. The van der Waals surface area contributed by atoms with Gasteiger partial charge in [-0.1, -0.05) is 251 Å². The number of hydrogen-bond acceptors (Lipinski definition) is 4. The van der Waals surface area contributed by atoms with Gasteiger partial charge in [-0.2, -0.15) is 0 Å². The van der Waals surface area contributed by atoms with Crippen molar-refractivity contribution < 1.29 is 0 Å². The monoisotopic (exact) mass is 6390 g/mol. The van der Waals surface area contributed by atoms with E-state index in [2.05, 4.69) is 747 Å². The summed E-state index contributed by atoms with van der Waals surface area (Å²) in [7, 11) is -9.59. The number of fused-ring (bicyclic) bond motifs is 10. The first kappa shape index (κ1) is 137. The molecule has 45 heteroatoms. The number of nitrogens with zero attached hydrogens (tertiary/aromatic N) is 4. The van der Waals surface area contributed by atoms with Crippen molar-refractivity contribution in [3.63, 3.8) is 0 Å². The summed E-state index contributed by atoms with van der Waals surface area (Å²) in [4.78, 5) is 10.7. The zero-order chi connectivity index (χ0) is 102. The molecule has 4 heterocycles. The van der Waals surface area contributed by atoms with Gasteiger partial charge in [-0.05, 0) is 249 Å². The first-order valence-corrected chi connectivity index (χ1v) is 288. The molecule has 16 rings (SSSR count). The van der Waals surface area contributed by atoms with Crippen molar-refractivity contribution in [1.29, 1.82) is 0 Å². The third-order valence-electron chi connectivity index (χ3n) is 26.3. The number of anilines is 10. The molecule has 0 N–H and O–H groups in total. The van der Waals surface area contributed by atoms with Gasteiger partial charge in [0.15, 0.2) is 0 Å². The van der Waals surface area contributed by atoms with E-state index in [-0.39, 0.29) is 57.7 Å². The minimum absolute atomic E-state index is 0. The fourth-order valence-electron chi connectivity index (χ4n) is 19.3. The Balaban J connectivity index is 0.000000178. The number of benzene rings is 10. The molecule has 0 spiro atoms. The summed E-state index contributed by atoms with van der Waals surface area (Å²) in [5.41, 5.74) is 33.9. The standard InChI is InChI=1S/C47H51BN2.C47H54N2.CH4.I40/c1-30-24-40-42-41(25-30)50-43-36(46(8)22-13-14-23-47(46,50)9)26-32(31-16-11-10-12-17-31)27-38(43)48(42)37-21-20-34(45(5,6)7)29-39(37)49(40)35-19-15-18-33(28-35)44(2,3)4;1-33-27-40(48(38-21-15-19-36(30-38)44(2,3)4)39-22-16-20-37(31-39)45(5,6)7)32-41(28-33)49-43-24-23-35(34-17-11-10-12-18-34)29-42(43)46(8)25-13-14-26-47(46,49)9;;1-22(2)24(5)26(7)28(9)30(11)32(13)34(15)36(17)38(19)40(21)39(20)37(18)35(16)33(14)31(12)29(10)27(8)25(6)23(3)4/h10-12,15-21,24-29H,13-14,22-23H2,1-9H3;10-12,15-24,27-32H,13-14,25-26H2,1-9H3;1H4;. The topological polar surface area (TPSA) is 13.0 Å². The Hall–Kier alpha value is 20.7. The molecule has 2 saturated carbocycles. The van der Waals surface area contributed by atoms with Crippen LogP contribution in [0.1, 0.15) is 214 Å². The van der Waals surface area contributed by atoms with Gasteiger partial charge in [-0.3, -0.25) is 0 Å². The van der Waals surface area contributed by atoms with Crippen LogP contribution in [0, 0.1) is 13.8 Å². The molecule has 0 amide bonds. The molecule has 10 aromatic rings. The van der Waals surface area contributed by atoms with Crippen molar-refractivity contribution in [2.45, 2.75) is 227 Å². The van der Waals surface area contributed by atoms with Crippen molar-refractivity contribution in [3.05, 3.63) is 257 Å². The average molecular weight is 6390 g/mol. The van der Waals surface area contributed by atoms with E-state index >= 15 is 0 Å². The fourth-order valence-corrected chi connectivity index (χ4v) is 7140. The van der Waals surface area contributed by atoms with Crippen LogP contribution in [0.5, 0.6) is 0 Å². The molecule has 4 aliphatic heterocycles. The van der Waals surface area contributed by atoms with Crippen molar-refractivity contribution in [3.8, 4) is 22.3 Å². The number of hydrogen-bond donors (Lipinski definition) is 0. The van der Waals surface area contributed by atoms with Crippen LogP contribution in [0.25, 0.3) is 22.3 Å². The summed E-state index contributed by atoms with van der Waals surface area (Å²) in [6.07, 6.45) is 9.90. The van der Waals surface area contributed by atoms with Gasteiger partial charge in [0.2, 0.25) is 0 Å². The molecule has 140 heavy (non-hydrogen) atoms. The Bertz CT molecular complexity index is 5920. The predicted molar refractivity (Wildman–Crippen MR) is 995 cm³/mol. The summed E-state index contributed by atoms with van der Waals surface area (Å²) in [5, 5.41) is 0. The Labute approximate surface area is 1110 Å². The molecule has 4 atom stereocenters. The van der Waals surface area contributed by atoms with Crippen LogP contribution in [0.15, 0.2) is 212 Å². The van der Waals surface area contributed by atoms with Gasteiger partial charge in [0, 0.05) is 67.7 Å². The second kappa shape index (κ2) is 60.1. The fraction of sp³-hybridized carbons (Fsp3) is 0.368. The van der Waals surface area contributed by atoms with Crippen molar-refractivity contribution in [1.82, 2.24) is 0 Å². The summed E-state index contributed by atoms with van der Waals surface area (Å²) in [6.45, 7) is 42.8. The Morgan fingerprint density at radius 1 is 0.286 bits per heavy atom. The molecule has 2 fully saturated rings. The first-order chi connectivity index (χ1) is 65.0. The van der Waals surface area contributed by atoms with Crippen LogP contribution in [-0.4, -0.2) is 17.8 Å².